The lowest BCUT2D eigenvalue weighted by Gasteiger charge is -2.13. The van der Waals surface area contributed by atoms with Crippen LogP contribution in [0.25, 0.3) is 0 Å². The van der Waals surface area contributed by atoms with Crippen LogP contribution in [0.1, 0.15) is 6.42 Å². The molecule has 0 N–H and O–H groups in total. The normalized spacial score (nSPS) is 34.2. The summed E-state index contributed by atoms with van der Waals surface area (Å²) in [5, 5.41) is 0. The van der Waals surface area contributed by atoms with E-state index in [1.54, 1.807) is 0 Å². The SMILES string of the molecule is C1COC(COCC2CO2)CCO1. The summed E-state index contributed by atoms with van der Waals surface area (Å²) in [6.07, 6.45) is 1.49. The van der Waals surface area contributed by atoms with E-state index >= 15 is 0 Å². The van der Waals surface area contributed by atoms with E-state index in [4.69, 9.17) is 18.9 Å². The molecule has 2 heterocycles. The van der Waals surface area contributed by atoms with E-state index in [-0.39, 0.29) is 6.10 Å². The lowest BCUT2D eigenvalue weighted by molar-refractivity contribution is -0.0147. The highest BCUT2D eigenvalue weighted by Crippen LogP contribution is 2.10. The van der Waals surface area contributed by atoms with Crippen molar-refractivity contribution in [2.45, 2.75) is 18.6 Å². The summed E-state index contributed by atoms with van der Waals surface area (Å²) >= 11 is 0. The summed E-state index contributed by atoms with van der Waals surface area (Å²) in [7, 11) is 0. The minimum Gasteiger partial charge on any atom is -0.379 e. The summed E-state index contributed by atoms with van der Waals surface area (Å²) in [4.78, 5) is 0. The quantitative estimate of drug-likeness (QED) is 0.591. The molecule has 0 bridgehead atoms. The molecule has 0 aromatic rings. The molecule has 0 aliphatic carbocycles. The largest absolute Gasteiger partial charge is 0.379 e. The van der Waals surface area contributed by atoms with Gasteiger partial charge in [0.1, 0.15) is 6.10 Å². The zero-order chi connectivity index (χ0) is 8.93. The number of ether oxygens (including phenoxy) is 4. The average Bonchev–Trinajstić information content (AvgIpc) is 2.91. The minimum atomic E-state index is 0.209. The van der Waals surface area contributed by atoms with Crippen LogP contribution in [-0.2, 0) is 18.9 Å². The molecule has 0 aromatic carbocycles. The summed E-state index contributed by atoms with van der Waals surface area (Å²) in [5.74, 6) is 0. The smallest absolute Gasteiger partial charge is 0.104 e. The van der Waals surface area contributed by atoms with Crippen molar-refractivity contribution in [3.63, 3.8) is 0 Å². The van der Waals surface area contributed by atoms with Gasteiger partial charge in [0.2, 0.25) is 0 Å². The first-order valence-electron chi connectivity index (χ1n) is 4.84. The van der Waals surface area contributed by atoms with Crippen LogP contribution in [0.3, 0.4) is 0 Å². The van der Waals surface area contributed by atoms with Crippen LogP contribution in [0, 0.1) is 0 Å². The molecule has 0 radical (unpaired) electrons. The van der Waals surface area contributed by atoms with Gasteiger partial charge in [-0.15, -0.1) is 0 Å². The van der Waals surface area contributed by atoms with Crippen molar-refractivity contribution in [1.29, 1.82) is 0 Å². The monoisotopic (exact) mass is 188 g/mol. The van der Waals surface area contributed by atoms with E-state index in [0.717, 1.165) is 19.6 Å². The van der Waals surface area contributed by atoms with Crippen LogP contribution >= 0.6 is 0 Å². The molecule has 4 nitrogen and oxygen atoms in total. The van der Waals surface area contributed by atoms with E-state index in [1.807, 2.05) is 0 Å². The van der Waals surface area contributed by atoms with Gasteiger partial charge in [0.25, 0.3) is 0 Å². The van der Waals surface area contributed by atoms with Crippen LogP contribution in [0.4, 0.5) is 0 Å². The molecule has 0 spiro atoms. The molecule has 2 rings (SSSR count). The molecule has 0 aromatic heterocycles. The van der Waals surface area contributed by atoms with Crippen LogP contribution in [0.5, 0.6) is 0 Å². The fraction of sp³-hybridized carbons (Fsp3) is 1.00. The third-order valence-corrected chi connectivity index (χ3v) is 2.18. The Morgan fingerprint density at radius 2 is 1.85 bits per heavy atom. The molecule has 2 saturated heterocycles. The molecule has 2 unspecified atom stereocenters. The highest BCUT2D eigenvalue weighted by Gasteiger charge is 2.23. The van der Waals surface area contributed by atoms with E-state index in [1.165, 1.54) is 0 Å². The highest BCUT2D eigenvalue weighted by atomic mass is 16.6. The molecule has 76 valence electrons. The van der Waals surface area contributed by atoms with Crippen LogP contribution in [0.15, 0.2) is 0 Å². The summed E-state index contributed by atoms with van der Waals surface area (Å²) in [6.45, 7) is 4.42. The summed E-state index contributed by atoms with van der Waals surface area (Å²) in [6, 6.07) is 0. The predicted octanol–water partition coefficient (Wildman–Crippen LogP) is 0.207. The molecule has 0 amide bonds. The van der Waals surface area contributed by atoms with Crippen molar-refractivity contribution in [1.82, 2.24) is 0 Å². The van der Waals surface area contributed by atoms with Gasteiger partial charge in [-0.2, -0.15) is 0 Å². The second-order valence-corrected chi connectivity index (χ2v) is 3.39. The van der Waals surface area contributed by atoms with Gasteiger partial charge in [-0.1, -0.05) is 0 Å². The Labute approximate surface area is 78.1 Å². The number of hydrogen-bond donors (Lipinski definition) is 0. The third-order valence-electron chi connectivity index (χ3n) is 2.18. The van der Waals surface area contributed by atoms with E-state index in [9.17, 15) is 0 Å². The topological polar surface area (TPSA) is 40.2 Å². The first kappa shape index (κ1) is 9.40. The maximum absolute atomic E-state index is 5.51. The molecule has 2 aliphatic rings. The molecule has 4 heteroatoms. The Morgan fingerprint density at radius 1 is 1.00 bits per heavy atom. The van der Waals surface area contributed by atoms with Crippen molar-refractivity contribution < 1.29 is 18.9 Å². The van der Waals surface area contributed by atoms with Crippen molar-refractivity contribution in [3.05, 3.63) is 0 Å². The summed E-state index contributed by atoms with van der Waals surface area (Å²) < 4.78 is 21.3. The standard InChI is InChI=1S/C9H16O4/c1-2-10-3-4-12-8(1)5-11-6-9-7-13-9/h8-9H,1-7H2. The molecular formula is C9H16O4. The van der Waals surface area contributed by atoms with Crippen LogP contribution < -0.4 is 0 Å². The minimum absolute atomic E-state index is 0.209. The van der Waals surface area contributed by atoms with Gasteiger partial charge in [-0.05, 0) is 6.42 Å². The molecular weight excluding hydrogens is 172 g/mol. The average molecular weight is 188 g/mol. The fourth-order valence-electron chi connectivity index (χ4n) is 1.30. The maximum Gasteiger partial charge on any atom is 0.104 e. The molecule has 0 saturated carbocycles. The van der Waals surface area contributed by atoms with Gasteiger partial charge in [0.05, 0.1) is 39.1 Å². The lowest BCUT2D eigenvalue weighted by atomic mass is 10.3. The Morgan fingerprint density at radius 3 is 2.69 bits per heavy atom. The molecule has 2 fully saturated rings. The van der Waals surface area contributed by atoms with Gasteiger partial charge >= 0.3 is 0 Å². The summed E-state index contributed by atoms with van der Waals surface area (Å²) in [5.41, 5.74) is 0. The lowest BCUT2D eigenvalue weighted by Crippen LogP contribution is -2.21. The van der Waals surface area contributed by atoms with E-state index < -0.39 is 0 Å². The predicted molar refractivity (Wildman–Crippen MR) is 45.7 cm³/mol. The van der Waals surface area contributed by atoms with E-state index in [0.29, 0.717) is 32.5 Å². The molecule has 13 heavy (non-hydrogen) atoms. The zero-order valence-corrected chi connectivity index (χ0v) is 7.74. The first-order chi connectivity index (χ1) is 6.45. The Hall–Kier alpha value is -0.160. The van der Waals surface area contributed by atoms with Gasteiger partial charge in [0, 0.05) is 6.61 Å². The highest BCUT2D eigenvalue weighted by molar-refractivity contribution is 4.68. The second kappa shape index (κ2) is 4.91. The Balaban J connectivity index is 1.55. The van der Waals surface area contributed by atoms with Crippen molar-refractivity contribution in [2.75, 3.05) is 39.6 Å². The number of rotatable bonds is 4. The van der Waals surface area contributed by atoms with Gasteiger partial charge in [0.15, 0.2) is 0 Å². The molecule has 2 atom stereocenters. The fourth-order valence-corrected chi connectivity index (χ4v) is 1.30. The van der Waals surface area contributed by atoms with Crippen molar-refractivity contribution in [3.8, 4) is 0 Å². The molecule has 2 aliphatic heterocycles. The van der Waals surface area contributed by atoms with Crippen LogP contribution in [-0.4, -0.2) is 51.8 Å². The number of epoxide rings is 1. The first-order valence-corrected chi connectivity index (χ1v) is 4.84. The zero-order valence-electron chi connectivity index (χ0n) is 7.74. The Kier molecular flexibility index (Phi) is 3.55. The van der Waals surface area contributed by atoms with Gasteiger partial charge in [-0.3, -0.25) is 0 Å². The third kappa shape index (κ3) is 3.60. The van der Waals surface area contributed by atoms with E-state index in [2.05, 4.69) is 0 Å². The Bertz CT molecular complexity index is 139. The number of hydrogen-bond acceptors (Lipinski definition) is 4. The maximum atomic E-state index is 5.51. The van der Waals surface area contributed by atoms with Crippen molar-refractivity contribution in [2.24, 2.45) is 0 Å². The van der Waals surface area contributed by atoms with Gasteiger partial charge in [-0.25, -0.2) is 0 Å². The second-order valence-electron chi connectivity index (χ2n) is 3.39. The van der Waals surface area contributed by atoms with Gasteiger partial charge < -0.3 is 18.9 Å². The van der Waals surface area contributed by atoms with Crippen molar-refractivity contribution >= 4 is 0 Å². The van der Waals surface area contributed by atoms with Crippen LogP contribution in [0.2, 0.25) is 0 Å².